The second-order valence-corrected chi connectivity index (χ2v) is 21.6. The van der Waals surface area contributed by atoms with Crippen molar-refractivity contribution >= 4 is 56.3 Å². The number of aliphatic carboxylic acids is 1. The van der Waals surface area contributed by atoms with Crippen molar-refractivity contribution < 1.29 is 38.9 Å². The van der Waals surface area contributed by atoms with Crippen LogP contribution in [0, 0.1) is 11.8 Å². The summed E-state index contributed by atoms with van der Waals surface area (Å²) in [6.07, 6.45) is -0.425. The SMILES string of the molecule is CC(C)C.CC(C)OCC(C)(C)N(C)C(=O)[C@H](CCC(=O)O)NC(=O)c1ccc(C(=O)C(CSC(C)(C)COC(C)(C)C)CSC(C)(P)CO)cc1. The Kier molecular flexibility index (Phi) is 21.9. The van der Waals surface area contributed by atoms with Gasteiger partial charge in [-0.25, -0.2) is 0 Å². The summed E-state index contributed by atoms with van der Waals surface area (Å²) in [4.78, 5) is 53.5. The smallest absolute Gasteiger partial charge is 0.303 e. The predicted octanol–water partition coefficient (Wildman–Crippen LogP) is 7.42. The molecule has 0 aromatic heterocycles. The topological polar surface area (TPSA) is 142 Å². The molecule has 0 saturated carbocycles. The highest BCUT2D eigenvalue weighted by Gasteiger charge is 2.34. The van der Waals surface area contributed by atoms with E-state index >= 15 is 0 Å². The molecule has 2 amide bonds. The number of Topliss-reactive ketones (excluding diaryl/α,β-unsaturated/α-hetero) is 1. The fourth-order valence-corrected chi connectivity index (χ4v) is 6.53. The average molecular weight is 789 g/mol. The Morgan fingerprint density at radius 2 is 1.37 bits per heavy atom. The number of aliphatic hydroxyl groups is 1. The molecule has 1 aromatic carbocycles. The molecule has 1 rings (SSSR count). The van der Waals surface area contributed by atoms with E-state index in [-0.39, 0.29) is 59.8 Å². The van der Waals surface area contributed by atoms with Crippen LogP contribution in [0.25, 0.3) is 0 Å². The number of nitrogens with zero attached hydrogens (tertiary/aromatic N) is 1. The Hall–Kier alpha value is -1.69. The van der Waals surface area contributed by atoms with E-state index in [0.717, 1.165) is 5.92 Å². The molecule has 0 aliphatic carbocycles. The first-order valence-electron chi connectivity index (χ1n) is 18.0. The number of hydrogen-bond donors (Lipinski definition) is 3. The lowest BCUT2D eigenvalue weighted by molar-refractivity contribution is -0.141. The largest absolute Gasteiger partial charge is 0.481 e. The van der Waals surface area contributed by atoms with Gasteiger partial charge in [0.25, 0.3) is 5.91 Å². The molecule has 1 aromatic rings. The number of rotatable bonds is 21. The van der Waals surface area contributed by atoms with Gasteiger partial charge in [-0.1, -0.05) is 32.9 Å². The van der Waals surface area contributed by atoms with E-state index < -0.39 is 33.9 Å². The fraction of sp³-hybridized carbons (Fsp3) is 0.744. The predicted molar refractivity (Wildman–Crippen MR) is 221 cm³/mol. The van der Waals surface area contributed by atoms with Gasteiger partial charge in [-0.2, -0.15) is 11.8 Å². The van der Waals surface area contributed by atoms with Crippen LogP contribution in [0.4, 0.5) is 0 Å². The van der Waals surface area contributed by atoms with Crippen LogP contribution in [-0.2, 0) is 19.1 Å². The van der Waals surface area contributed by atoms with Crippen LogP contribution in [0.3, 0.4) is 0 Å². The number of carboxylic acid groups (broad SMARTS) is 1. The van der Waals surface area contributed by atoms with Gasteiger partial charge in [0.15, 0.2) is 5.78 Å². The number of ketones is 1. The van der Waals surface area contributed by atoms with Gasteiger partial charge in [-0.15, -0.1) is 21.0 Å². The monoisotopic (exact) mass is 788 g/mol. The number of nitrogens with one attached hydrogen (secondary N) is 1. The van der Waals surface area contributed by atoms with Crippen LogP contribution in [0.5, 0.6) is 0 Å². The van der Waals surface area contributed by atoms with E-state index in [1.165, 1.54) is 28.8 Å². The molecule has 3 unspecified atom stereocenters. The number of aliphatic hydroxyl groups excluding tert-OH is 1. The molecule has 0 radical (unpaired) electrons. The van der Waals surface area contributed by atoms with Gasteiger partial charge in [-0.3, -0.25) is 19.2 Å². The number of carbonyl (C=O) groups is 4. The first-order valence-corrected chi connectivity index (χ1v) is 20.6. The van der Waals surface area contributed by atoms with Crippen LogP contribution in [0.15, 0.2) is 24.3 Å². The van der Waals surface area contributed by atoms with Crippen molar-refractivity contribution in [2.75, 3.05) is 38.4 Å². The van der Waals surface area contributed by atoms with Crippen molar-refractivity contribution in [3.8, 4) is 0 Å². The van der Waals surface area contributed by atoms with Gasteiger partial charge in [0, 0.05) is 46.8 Å². The Bertz CT molecular complexity index is 1260. The standard InChI is InChI=1S/C35H59N2O8PS2.C4H10/c1-23(2)44-21-33(6,7)37(11)31(43)27(16-17-28(39)40)36-30(42)25-14-12-24(13-15-25)29(41)26(19-48-35(10,46)20-38)18-47-34(8,9)22-45-32(3,4)5;1-4(2)3/h12-15,23,26-27,38H,16-22,46H2,1-11H3,(H,36,42)(H,39,40);4H,1-3H3/t26?,27-,35?;/m0./s1. The summed E-state index contributed by atoms with van der Waals surface area (Å²) in [5.74, 6) is -0.623. The molecule has 0 spiro atoms. The Morgan fingerprint density at radius 1 is 0.865 bits per heavy atom. The summed E-state index contributed by atoms with van der Waals surface area (Å²) < 4.78 is 11.0. The highest BCUT2D eigenvalue weighted by atomic mass is 32.2. The molecule has 4 atom stereocenters. The Morgan fingerprint density at radius 3 is 1.83 bits per heavy atom. The van der Waals surface area contributed by atoms with Gasteiger partial charge < -0.3 is 29.9 Å². The lowest BCUT2D eigenvalue weighted by Crippen LogP contribution is -2.55. The molecule has 3 N–H and O–H groups in total. The molecule has 52 heavy (non-hydrogen) atoms. The minimum Gasteiger partial charge on any atom is -0.481 e. The maximum atomic E-state index is 13.8. The number of likely N-dealkylation sites (N-methyl/N-ethyl adjacent to an activating group) is 1. The summed E-state index contributed by atoms with van der Waals surface area (Å²) in [6.45, 7) is 26.8. The molecule has 0 fully saturated rings. The lowest BCUT2D eigenvalue weighted by Gasteiger charge is -2.38. The van der Waals surface area contributed by atoms with Crippen molar-refractivity contribution in [3.05, 3.63) is 35.4 Å². The maximum Gasteiger partial charge on any atom is 0.303 e. The molecular formula is C39H69N2O8PS2. The van der Waals surface area contributed by atoms with E-state index in [9.17, 15) is 29.4 Å². The number of hydrogen-bond acceptors (Lipinski definition) is 9. The highest BCUT2D eigenvalue weighted by Crippen LogP contribution is 2.36. The molecular weight excluding hydrogens is 720 g/mol. The van der Waals surface area contributed by atoms with Gasteiger partial charge in [-0.05, 0) is 93.7 Å². The van der Waals surface area contributed by atoms with Crippen LogP contribution in [0.2, 0.25) is 0 Å². The minimum absolute atomic E-state index is 0.0378. The first kappa shape index (κ1) is 50.3. The van der Waals surface area contributed by atoms with Crippen molar-refractivity contribution in [2.45, 2.75) is 135 Å². The number of benzene rings is 1. The molecule has 10 nitrogen and oxygen atoms in total. The molecule has 0 heterocycles. The van der Waals surface area contributed by atoms with E-state index in [4.69, 9.17) is 9.47 Å². The van der Waals surface area contributed by atoms with Crippen LogP contribution < -0.4 is 5.32 Å². The first-order chi connectivity index (χ1) is 23.6. The van der Waals surface area contributed by atoms with E-state index in [1.807, 2.05) is 55.4 Å². The average Bonchev–Trinajstić information content (AvgIpc) is 3.03. The normalized spacial score (nSPS) is 14.6. The number of carboxylic acids is 1. The zero-order chi connectivity index (χ0) is 40.7. The van der Waals surface area contributed by atoms with E-state index in [1.54, 1.807) is 30.9 Å². The number of amides is 2. The van der Waals surface area contributed by atoms with Gasteiger partial charge in [0.2, 0.25) is 5.91 Å². The molecule has 0 aliphatic rings. The minimum atomic E-state index is -1.08. The molecule has 13 heteroatoms. The van der Waals surface area contributed by atoms with Crippen LogP contribution in [0.1, 0.15) is 124 Å². The van der Waals surface area contributed by atoms with E-state index in [0.29, 0.717) is 23.7 Å². The number of thioether (sulfide) groups is 2. The second-order valence-electron chi connectivity index (χ2n) is 16.7. The van der Waals surface area contributed by atoms with Crippen molar-refractivity contribution in [1.29, 1.82) is 0 Å². The molecule has 300 valence electrons. The summed E-state index contributed by atoms with van der Waals surface area (Å²) in [5, 5.41) is 21.8. The second kappa shape index (κ2) is 22.6. The third-order valence-corrected chi connectivity index (χ3v) is 11.0. The third kappa shape index (κ3) is 21.3. The molecule has 0 bridgehead atoms. The van der Waals surface area contributed by atoms with Gasteiger partial charge in [0.1, 0.15) is 6.04 Å². The van der Waals surface area contributed by atoms with Crippen molar-refractivity contribution in [3.63, 3.8) is 0 Å². The fourth-order valence-electron chi connectivity index (χ4n) is 4.08. The quantitative estimate of drug-likeness (QED) is 0.0852. The Balaban J connectivity index is 0.00000615. The highest BCUT2D eigenvalue weighted by molar-refractivity contribution is 8.04. The number of ether oxygens (including phenoxy) is 2. The summed E-state index contributed by atoms with van der Waals surface area (Å²) in [7, 11) is 4.25. The summed E-state index contributed by atoms with van der Waals surface area (Å²) >= 11 is 3.17. The lowest BCUT2D eigenvalue weighted by atomic mass is 9.99. The van der Waals surface area contributed by atoms with Gasteiger partial charge >= 0.3 is 5.97 Å². The maximum absolute atomic E-state index is 13.8. The van der Waals surface area contributed by atoms with Crippen molar-refractivity contribution in [2.24, 2.45) is 11.8 Å². The van der Waals surface area contributed by atoms with Crippen LogP contribution >= 0.6 is 32.8 Å². The summed E-state index contributed by atoms with van der Waals surface area (Å²) in [6, 6.07) is 5.21. The summed E-state index contributed by atoms with van der Waals surface area (Å²) in [5.41, 5.74) is -0.301. The molecule has 0 aliphatic heterocycles. The molecule has 0 saturated heterocycles. The van der Waals surface area contributed by atoms with Crippen LogP contribution in [-0.4, -0.2) is 110 Å². The van der Waals surface area contributed by atoms with E-state index in [2.05, 4.69) is 49.2 Å². The zero-order valence-electron chi connectivity index (χ0n) is 34.3. The van der Waals surface area contributed by atoms with Crippen molar-refractivity contribution in [1.82, 2.24) is 10.2 Å². The third-order valence-electron chi connectivity index (χ3n) is 7.52. The van der Waals surface area contributed by atoms with Gasteiger partial charge in [0.05, 0.1) is 41.6 Å². The zero-order valence-corrected chi connectivity index (χ0v) is 37.0. The Labute approximate surface area is 325 Å². The number of carbonyl (C=O) groups excluding carboxylic acids is 3.